The second-order valence-corrected chi connectivity index (χ2v) is 8.83. The molecule has 0 saturated carbocycles. The monoisotopic (exact) mass is 443 g/mol. The van der Waals surface area contributed by atoms with Crippen LogP contribution in [0, 0.1) is 0 Å². The van der Waals surface area contributed by atoms with E-state index < -0.39 is 0 Å². The minimum absolute atomic E-state index is 0.724. The third-order valence-electron chi connectivity index (χ3n) is 5.42. The highest BCUT2D eigenvalue weighted by atomic mass is 32.2. The molecule has 3 heterocycles. The first-order valence-electron chi connectivity index (χ1n) is 10.8. The van der Waals surface area contributed by atoms with Gasteiger partial charge in [0.05, 0.1) is 19.5 Å². The molecular formula is C25H25N5OS. The van der Waals surface area contributed by atoms with Crippen molar-refractivity contribution in [3.8, 4) is 0 Å². The molecule has 0 radical (unpaired) electrons. The van der Waals surface area contributed by atoms with Crippen molar-refractivity contribution in [1.82, 2.24) is 19.5 Å². The van der Waals surface area contributed by atoms with Gasteiger partial charge >= 0.3 is 0 Å². The topological polar surface area (TPSA) is 56.1 Å². The minimum Gasteiger partial charge on any atom is -0.378 e. The van der Waals surface area contributed by atoms with Crippen LogP contribution in [0.1, 0.15) is 17.0 Å². The van der Waals surface area contributed by atoms with Crippen LogP contribution in [0.3, 0.4) is 0 Å². The molecule has 32 heavy (non-hydrogen) atoms. The number of nitrogens with zero attached hydrogens (tertiary/aromatic N) is 5. The van der Waals surface area contributed by atoms with Crippen molar-refractivity contribution < 1.29 is 4.74 Å². The fourth-order valence-electron chi connectivity index (χ4n) is 3.73. The van der Waals surface area contributed by atoms with Gasteiger partial charge in [-0.15, -0.1) is 0 Å². The first kappa shape index (κ1) is 20.7. The maximum Gasteiger partial charge on any atom is 0.133 e. The van der Waals surface area contributed by atoms with Crippen LogP contribution >= 0.6 is 11.8 Å². The fraction of sp³-hybridized carbons (Fsp3) is 0.240. The maximum absolute atomic E-state index is 5.44. The molecule has 0 aliphatic carbocycles. The zero-order chi connectivity index (χ0) is 21.6. The molecule has 1 aliphatic rings. The van der Waals surface area contributed by atoms with Crippen LogP contribution in [-0.4, -0.2) is 45.8 Å². The SMILES string of the molecule is c1cn(Cc2ccc(Sc3ccnc(Cc4ccc(N5CCOCC5)cc4)n3)cc2)cn1. The molecule has 4 aromatic rings. The molecule has 0 spiro atoms. The van der Waals surface area contributed by atoms with Crippen molar-refractivity contribution in [2.24, 2.45) is 0 Å². The minimum atomic E-state index is 0.724. The maximum atomic E-state index is 5.44. The first-order chi connectivity index (χ1) is 15.8. The van der Waals surface area contributed by atoms with E-state index in [2.05, 4.69) is 68.0 Å². The molecule has 162 valence electrons. The molecule has 2 aromatic carbocycles. The van der Waals surface area contributed by atoms with Gasteiger partial charge in [-0.1, -0.05) is 36.0 Å². The van der Waals surface area contributed by atoms with Crippen molar-refractivity contribution in [3.05, 3.63) is 96.5 Å². The van der Waals surface area contributed by atoms with Crippen molar-refractivity contribution in [1.29, 1.82) is 0 Å². The summed E-state index contributed by atoms with van der Waals surface area (Å²) in [7, 11) is 0. The van der Waals surface area contributed by atoms with E-state index in [1.54, 1.807) is 18.0 Å². The average molecular weight is 444 g/mol. The zero-order valence-corrected chi connectivity index (χ0v) is 18.6. The van der Waals surface area contributed by atoms with E-state index in [-0.39, 0.29) is 0 Å². The average Bonchev–Trinajstić information content (AvgIpc) is 3.35. The van der Waals surface area contributed by atoms with Gasteiger partial charge in [0.25, 0.3) is 0 Å². The summed E-state index contributed by atoms with van der Waals surface area (Å²) in [5.41, 5.74) is 3.71. The van der Waals surface area contributed by atoms with Gasteiger partial charge < -0.3 is 14.2 Å². The molecule has 5 rings (SSSR count). The number of morpholine rings is 1. The zero-order valence-electron chi connectivity index (χ0n) is 17.8. The summed E-state index contributed by atoms with van der Waals surface area (Å²) in [4.78, 5) is 16.9. The van der Waals surface area contributed by atoms with E-state index in [9.17, 15) is 0 Å². The molecule has 2 aromatic heterocycles. The molecule has 0 atom stereocenters. The Morgan fingerprint density at radius 2 is 1.66 bits per heavy atom. The Morgan fingerprint density at radius 1 is 0.875 bits per heavy atom. The normalized spacial score (nSPS) is 13.9. The Balaban J connectivity index is 1.21. The number of hydrogen-bond acceptors (Lipinski definition) is 6. The summed E-state index contributed by atoms with van der Waals surface area (Å²) in [6.07, 6.45) is 8.18. The quantitative estimate of drug-likeness (QED) is 0.397. The summed E-state index contributed by atoms with van der Waals surface area (Å²) in [5, 5.41) is 0.960. The summed E-state index contributed by atoms with van der Waals surface area (Å²) in [5.74, 6) is 0.839. The van der Waals surface area contributed by atoms with E-state index in [1.165, 1.54) is 21.7 Å². The second-order valence-electron chi connectivity index (χ2n) is 7.73. The number of imidazole rings is 1. The van der Waals surface area contributed by atoms with Crippen molar-refractivity contribution in [2.45, 2.75) is 22.9 Å². The Kier molecular flexibility index (Phi) is 6.46. The highest BCUT2D eigenvalue weighted by Gasteiger charge is 2.11. The predicted octanol–water partition coefficient (Wildman–Crippen LogP) is 4.30. The molecule has 1 aliphatic heterocycles. The summed E-state index contributed by atoms with van der Waals surface area (Å²) in [6.45, 7) is 4.33. The van der Waals surface area contributed by atoms with E-state index in [1.807, 2.05) is 24.8 Å². The van der Waals surface area contributed by atoms with Crippen LogP contribution in [-0.2, 0) is 17.7 Å². The van der Waals surface area contributed by atoms with Crippen LogP contribution in [0.25, 0.3) is 0 Å². The van der Waals surface area contributed by atoms with E-state index >= 15 is 0 Å². The number of ether oxygens (including phenoxy) is 1. The predicted molar refractivity (Wildman–Crippen MR) is 126 cm³/mol. The third kappa shape index (κ3) is 5.36. The number of anilines is 1. The third-order valence-corrected chi connectivity index (χ3v) is 6.37. The molecule has 7 heteroatoms. The molecule has 0 bridgehead atoms. The van der Waals surface area contributed by atoms with Crippen molar-refractivity contribution >= 4 is 17.4 Å². The lowest BCUT2D eigenvalue weighted by Gasteiger charge is -2.28. The van der Waals surface area contributed by atoms with Gasteiger partial charge in [-0.25, -0.2) is 15.0 Å². The summed E-state index contributed by atoms with van der Waals surface area (Å²) < 4.78 is 7.50. The smallest absolute Gasteiger partial charge is 0.133 e. The molecule has 0 amide bonds. The van der Waals surface area contributed by atoms with Crippen molar-refractivity contribution in [2.75, 3.05) is 31.2 Å². The van der Waals surface area contributed by atoms with Crippen LogP contribution in [0.5, 0.6) is 0 Å². The Bertz CT molecular complexity index is 1120. The lowest BCUT2D eigenvalue weighted by molar-refractivity contribution is 0.122. The van der Waals surface area contributed by atoms with Gasteiger partial charge in [0.15, 0.2) is 0 Å². The van der Waals surface area contributed by atoms with Crippen LogP contribution in [0.2, 0.25) is 0 Å². The Morgan fingerprint density at radius 3 is 2.41 bits per heavy atom. The van der Waals surface area contributed by atoms with Crippen LogP contribution in [0.15, 0.2) is 89.4 Å². The van der Waals surface area contributed by atoms with Crippen LogP contribution < -0.4 is 4.90 Å². The largest absolute Gasteiger partial charge is 0.378 e. The lowest BCUT2D eigenvalue weighted by Crippen LogP contribution is -2.36. The van der Waals surface area contributed by atoms with Gasteiger partial charge in [0, 0.05) is 55.2 Å². The Hall–Kier alpha value is -3.16. The molecule has 1 saturated heterocycles. The van der Waals surface area contributed by atoms with Crippen LogP contribution in [0.4, 0.5) is 5.69 Å². The van der Waals surface area contributed by atoms with E-state index in [0.29, 0.717) is 0 Å². The van der Waals surface area contributed by atoms with Gasteiger partial charge in [-0.05, 0) is 41.5 Å². The van der Waals surface area contributed by atoms with Gasteiger partial charge in [0.2, 0.25) is 0 Å². The number of benzene rings is 2. The van der Waals surface area contributed by atoms with Crippen molar-refractivity contribution in [3.63, 3.8) is 0 Å². The standard InChI is InChI=1S/C25H25N5OS/c1-5-22(30-13-15-31-16-14-30)6-2-20(1)17-24-27-10-9-25(28-24)32-23-7-3-21(4-8-23)18-29-12-11-26-19-29/h1-12,19H,13-18H2. The summed E-state index contributed by atoms with van der Waals surface area (Å²) >= 11 is 1.66. The van der Waals surface area contributed by atoms with Gasteiger partial charge in [-0.2, -0.15) is 0 Å². The summed E-state index contributed by atoms with van der Waals surface area (Å²) in [6, 6.07) is 19.3. The van der Waals surface area contributed by atoms with Gasteiger partial charge in [-0.3, -0.25) is 0 Å². The first-order valence-corrected chi connectivity index (χ1v) is 11.6. The molecular weight excluding hydrogens is 418 g/mol. The van der Waals surface area contributed by atoms with E-state index in [4.69, 9.17) is 9.72 Å². The molecule has 0 N–H and O–H groups in total. The molecule has 0 unspecified atom stereocenters. The number of aromatic nitrogens is 4. The Labute approximate surface area is 192 Å². The molecule has 6 nitrogen and oxygen atoms in total. The highest BCUT2D eigenvalue weighted by Crippen LogP contribution is 2.26. The second kappa shape index (κ2) is 9.97. The lowest BCUT2D eigenvalue weighted by atomic mass is 10.1. The van der Waals surface area contributed by atoms with Gasteiger partial charge in [0.1, 0.15) is 10.9 Å². The highest BCUT2D eigenvalue weighted by molar-refractivity contribution is 7.99. The number of rotatable bonds is 7. The number of hydrogen-bond donors (Lipinski definition) is 0. The fourth-order valence-corrected chi connectivity index (χ4v) is 4.52. The van der Waals surface area contributed by atoms with E-state index in [0.717, 1.165) is 50.1 Å². The molecule has 1 fully saturated rings.